The molecule has 2 heterocycles. The van der Waals surface area contributed by atoms with Crippen LogP contribution in [-0.2, 0) is 4.79 Å². The fourth-order valence-corrected chi connectivity index (χ4v) is 1.44. The molecule has 1 aromatic rings. The molecule has 0 atom stereocenters. The molecule has 0 aliphatic carbocycles. The minimum absolute atomic E-state index is 0.122. The highest BCUT2D eigenvalue weighted by Crippen LogP contribution is 2.20. The Morgan fingerprint density at radius 1 is 1.69 bits per heavy atom. The van der Waals surface area contributed by atoms with Crippen molar-refractivity contribution < 1.29 is 4.79 Å². The lowest BCUT2D eigenvalue weighted by atomic mass is 10.1. The van der Waals surface area contributed by atoms with Gasteiger partial charge in [0.1, 0.15) is 5.82 Å². The number of carbonyl (C=O) groups excluding carboxylic acids is 1. The van der Waals surface area contributed by atoms with Gasteiger partial charge in [-0.05, 0) is 6.07 Å². The molecule has 2 rings (SSSR count). The molecule has 0 aromatic carbocycles. The minimum Gasteiger partial charge on any atom is -0.382 e. The molecule has 2 N–H and O–H groups in total. The van der Waals surface area contributed by atoms with Gasteiger partial charge < -0.3 is 10.6 Å². The molecule has 0 bridgehead atoms. The molecule has 1 amide bonds. The minimum atomic E-state index is 0.122. The van der Waals surface area contributed by atoms with E-state index < -0.39 is 0 Å². The van der Waals surface area contributed by atoms with Gasteiger partial charge in [0.05, 0.1) is 6.04 Å². The largest absolute Gasteiger partial charge is 0.382 e. The van der Waals surface area contributed by atoms with E-state index in [0.29, 0.717) is 11.9 Å². The summed E-state index contributed by atoms with van der Waals surface area (Å²) in [4.78, 5) is 12.7. The predicted octanol–water partition coefficient (Wildman–Crippen LogP) is -0.132. The van der Waals surface area contributed by atoms with Gasteiger partial charge in [-0.3, -0.25) is 9.48 Å². The molecular weight excluding hydrogens is 168 g/mol. The van der Waals surface area contributed by atoms with Crippen LogP contribution in [0, 0.1) is 0 Å². The van der Waals surface area contributed by atoms with Crippen molar-refractivity contribution in [3.63, 3.8) is 0 Å². The first-order valence-electron chi connectivity index (χ1n) is 4.23. The Morgan fingerprint density at radius 2 is 2.38 bits per heavy atom. The number of anilines is 1. The molecule has 1 aliphatic heterocycles. The van der Waals surface area contributed by atoms with E-state index in [0.717, 1.165) is 13.1 Å². The molecule has 1 fully saturated rings. The Balaban J connectivity index is 1.97. The second kappa shape index (κ2) is 2.76. The van der Waals surface area contributed by atoms with Crippen LogP contribution >= 0.6 is 0 Å². The van der Waals surface area contributed by atoms with Crippen molar-refractivity contribution in [1.29, 1.82) is 0 Å². The quantitative estimate of drug-likeness (QED) is 0.654. The van der Waals surface area contributed by atoms with E-state index >= 15 is 0 Å². The summed E-state index contributed by atoms with van der Waals surface area (Å²) in [7, 11) is 0. The van der Waals surface area contributed by atoms with Crippen LogP contribution in [0.4, 0.5) is 5.82 Å². The zero-order valence-electron chi connectivity index (χ0n) is 7.47. The topological polar surface area (TPSA) is 64.2 Å². The van der Waals surface area contributed by atoms with Crippen LogP contribution in [0.3, 0.4) is 0 Å². The van der Waals surface area contributed by atoms with Gasteiger partial charge in [-0.2, -0.15) is 5.10 Å². The zero-order chi connectivity index (χ0) is 9.42. The standard InChI is InChI=1S/C8H12N4O/c1-6(13)11-4-7(5-11)12-3-2-8(9)10-12/h2-3,7H,4-5H2,1H3,(H2,9,10). The number of carbonyl (C=O) groups is 1. The molecule has 0 radical (unpaired) electrons. The zero-order valence-corrected chi connectivity index (χ0v) is 7.47. The third kappa shape index (κ3) is 1.37. The van der Waals surface area contributed by atoms with Crippen LogP contribution in [0.25, 0.3) is 0 Å². The van der Waals surface area contributed by atoms with Gasteiger partial charge in [-0.25, -0.2) is 0 Å². The molecule has 1 saturated heterocycles. The lowest BCUT2D eigenvalue weighted by Crippen LogP contribution is -2.50. The summed E-state index contributed by atoms with van der Waals surface area (Å²) in [6.07, 6.45) is 1.84. The normalized spacial score (nSPS) is 17.2. The van der Waals surface area contributed by atoms with Crippen LogP contribution in [0.15, 0.2) is 12.3 Å². The van der Waals surface area contributed by atoms with Crippen molar-refractivity contribution >= 4 is 11.7 Å². The van der Waals surface area contributed by atoms with E-state index in [9.17, 15) is 4.79 Å². The van der Waals surface area contributed by atoms with Crippen molar-refractivity contribution in [2.45, 2.75) is 13.0 Å². The van der Waals surface area contributed by atoms with Crippen molar-refractivity contribution in [2.24, 2.45) is 0 Å². The Morgan fingerprint density at radius 3 is 2.85 bits per heavy atom. The number of nitrogens with zero attached hydrogens (tertiary/aromatic N) is 3. The number of hydrogen-bond donors (Lipinski definition) is 1. The molecule has 0 saturated carbocycles. The Hall–Kier alpha value is -1.52. The van der Waals surface area contributed by atoms with E-state index in [4.69, 9.17) is 5.73 Å². The fourth-order valence-electron chi connectivity index (χ4n) is 1.44. The van der Waals surface area contributed by atoms with E-state index in [1.165, 1.54) is 0 Å². The number of aromatic nitrogens is 2. The highest BCUT2D eigenvalue weighted by molar-refractivity contribution is 5.74. The van der Waals surface area contributed by atoms with Gasteiger partial charge in [-0.1, -0.05) is 0 Å². The average Bonchev–Trinajstić information content (AvgIpc) is 2.31. The van der Waals surface area contributed by atoms with Crippen molar-refractivity contribution in [3.05, 3.63) is 12.3 Å². The van der Waals surface area contributed by atoms with E-state index in [-0.39, 0.29) is 5.91 Å². The van der Waals surface area contributed by atoms with Gasteiger partial charge >= 0.3 is 0 Å². The number of amides is 1. The average molecular weight is 180 g/mol. The first-order chi connectivity index (χ1) is 6.16. The number of hydrogen-bond acceptors (Lipinski definition) is 3. The number of nitrogens with two attached hydrogens (primary N) is 1. The summed E-state index contributed by atoms with van der Waals surface area (Å²) >= 11 is 0. The van der Waals surface area contributed by atoms with E-state index in [1.807, 2.05) is 10.9 Å². The van der Waals surface area contributed by atoms with Crippen LogP contribution in [0.5, 0.6) is 0 Å². The van der Waals surface area contributed by atoms with Crippen LogP contribution in [-0.4, -0.2) is 33.7 Å². The molecular formula is C8H12N4O. The van der Waals surface area contributed by atoms with Gasteiger partial charge in [-0.15, -0.1) is 0 Å². The molecule has 0 spiro atoms. The summed E-state index contributed by atoms with van der Waals surface area (Å²) < 4.78 is 1.81. The number of likely N-dealkylation sites (tertiary alicyclic amines) is 1. The smallest absolute Gasteiger partial charge is 0.219 e. The molecule has 70 valence electrons. The summed E-state index contributed by atoms with van der Waals surface area (Å²) in [5, 5.41) is 4.08. The van der Waals surface area contributed by atoms with E-state index in [1.54, 1.807) is 17.9 Å². The monoisotopic (exact) mass is 180 g/mol. The Bertz CT molecular complexity index is 327. The first-order valence-corrected chi connectivity index (χ1v) is 4.23. The SMILES string of the molecule is CC(=O)N1CC(n2ccc(N)n2)C1. The van der Waals surface area contributed by atoms with Crippen molar-refractivity contribution in [3.8, 4) is 0 Å². The second-order valence-electron chi connectivity index (χ2n) is 3.30. The Labute approximate surface area is 76.1 Å². The fraction of sp³-hybridized carbons (Fsp3) is 0.500. The second-order valence-corrected chi connectivity index (χ2v) is 3.30. The van der Waals surface area contributed by atoms with E-state index in [2.05, 4.69) is 5.10 Å². The third-order valence-electron chi connectivity index (χ3n) is 2.31. The predicted molar refractivity (Wildman–Crippen MR) is 47.9 cm³/mol. The van der Waals surface area contributed by atoms with Gasteiger partial charge in [0.2, 0.25) is 5.91 Å². The summed E-state index contributed by atoms with van der Waals surface area (Å²) in [6.45, 7) is 3.07. The lowest BCUT2D eigenvalue weighted by Gasteiger charge is -2.38. The maximum absolute atomic E-state index is 10.9. The molecule has 13 heavy (non-hydrogen) atoms. The molecule has 0 unspecified atom stereocenters. The Kier molecular flexibility index (Phi) is 1.72. The van der Waals surface area contributed by atoms with Crippen LogP contribution in [0.2, 0.25) is 0 Å². The highest BCUT2D eigenvalue weighted by Gasteiger charge is 2.30. The first kappa shape index (κ1) is 8.10. The van der Waals surface area contributed by atoms with Gasteiger partial charge in [0, 0.05) is 26.2 Å². The third-order valence-corrected chi connectivity index (χ3v) is 2.31. The van der Waals surface area contributed by atoms with Crippen molar-refractivity contribution in [2.75, 3.05) is 18.8 Å². The van der Waals surface area contributed by atoms with Gasteiger partial charge in [0.15, 0.2) is 0 Å². The van der Waals surface area contributed by atoms with Crippen molar-refractivity contribution in [1.82, 2.24) is 14.7 Å². The summed E-state index contributed by atoms with van der Waals surface area (Å²) in [5.41, 5.74) is 5.48. The molecule has 5 nitrogen and oxygen atoms in total. The maximum Gasteiger partial charge on any atom is 0.219 e. The summed E-state index contributed by atoms with van der Waals surface area (Å²) in [5.74, 6) is 0.651. The maximum atomic E-state index is 10.9. The lowest BCUT2D eigenvalue weighted by molar-refractivity contribution is -0.134. The highest BCUT2D eigenvalue weighted by atomic mass is 16.2. The van der Waals surface area contributed by atoms with Crippen LogP contribution in [0.1, 0.15) is 13.0 Å². The van der Waals surface area contributed by atoms with Crippen LogP contribution < -0.4 is 5.73 Å². The summed E-state index contributed by atoms with van der Waals surface area (Å²) in [6, 6.07) is 2.07. The number of rotatable bonds is 1. The molecule has 5 heteroatoms. The van der Waals surface area contributed by atoms with Gasteiger partial charge in [0.25, 0.3) is 0 Å². The number of nitrogen functional groups attached to an aromatic ring is 1. The molecule has 1 aromatic heterocycles. The molecule has 1 aliphatic rings.